The molecule has 0 spiro atoms. The molecule has 17 heavy (non-hydrogen) atoms. The zero-order valence-electron chi connectivity index (χ0n) is 9.37. The monoisotopic (exact) mass is 247 g/mol. The Balaban J connectivity index is 0. The smallest absolute Gasteiger partial charge is 0.320 e. The number of hydrogen-bond acceptors (Lipinski definition) is 5. The van der Waals surface area contributed by atoms with Crippen molar-refractivity contribution in [2.75, 3.05) is 0 Å². The predicted molar refractivity (Wildman–Crippen MR) is 58.5 cm³/mol. The summed E-state index contributed by atoms with van der Waals surface area (Å²) in [7, 11) is 0. The van der Waals surface area contributed by atoms with Crippen LogP contribution in [0.1, 0.15) is 32.1 Å². The molecule has 0 amide bonds. The lowest BCUT2D eigenvalue weighted by atomic mass is 10.2. The lowest BCUT2D eigenvalue weighted by Crippen LogP contribution is -2.30. The topological polar surface area (TPSA) is 135 Å². The summed E-state index contributed by atoms with van der Waals surface area (Å²) >= 11 is 0. The van der Waals surface area contributed by atoms with Crippen LogP contribution in [-0.2, 0) is 19.2 Å². The molecule has 0 saturated heterocycles. The highest BCUT2D eigenvalue weighted by Gasteiger charge is 2.12. The zero-order valence-corrected chi connectivity index (χ0v) is 9.37. The molecule has 0 aromatic carbocycles. The second-order valence-corrected chi connectivity index (χ2v) is 3.14. The summed E-state index contributed by atoms with van der Waals surface area (Å²) in [5.41, 5.74) is 5.00. The Kier molecular flexibility index (Phi) is 12.8. The normalized spacial score (nSPS) is 10.6. The van der Waals surface area contributed by atoms with E-state index in [0.717, 1.165) is 12.6 Å². The van der Waals surface area contributed by atoms with E-state index >= 15 is 0 Å². The molecular weight excluding hydrogens is 230 g/mol. The van der Waals surface area contributed by atoms with Gasteiger partial charge in [-0.1, -0.05) is 0 Å². The molecule has 0 heterocycles. The van der Waals surface area contributed by atoms with E-state index in [1.807, 2.05) is 0 Å². The molecule has 4 N–H and O–H groups in total. The third-order valence-corrected chi connectivity index (χ3v) is 1.63. The van der Waals surface area contributed by atoms with E-state index in [1.54, 1.807) is 0 Å². The minimum absolute atomic E-state index is 0.0231. The Labute approximate surface area is 98.6 Å². The zero-order chi connectivity index (χ0) is 13.7. The molecule has 1 atom stereocenters. The van der Waals surface area contributed by atoms with Crippen LogP contribution in [-0.4, -0.2) is 40.8 Å². The molecule has 1 unspecified atom stereocenters. The standard InChI is InChI=1S/C5H9NO4.C5H8O2/c6-3(5(9)10)1-2-4(7)8;6-4-2-1-3-5-7/h3H,1-2,6H2,(H,7,8)(H,9,10);4-5H,1-3H2. The quantitative estimate of drug-likeness (QED) is 0.400. The van der Waals surface area contributed by atoms with Gasteiger partial charge in [-0.3, -0.25) is 9.59 Å². The van der Waals surface area contributed by atoms with E-state index in [-0.39, 0.29) is 12.8 Å². The average Bonchev–Trinajstić information content (AvgIpc) is 2.27. The number of rotatable bonds is 8. The number of hydrogen-bond donors (Lipinski definition) is 3. The molecule has 0 aromatic rings. The van der Waals surface area contributed by atoms with Crippen molar-refractivity contribution in [1.82, 2.24) is 0 Å². The highest BCUT2D eigenvalue weighted by molar-refractivity contribution is 5.74. The van der Waals surface area contributed by atoms with Gasteiger partial charge in [-0.05, 0) is 12.8 Å². The van der Waals surface area contributed by atoms with Gasteiger partial charge in [0, 0.05) is 19.3 Å². The summed E-state index contributed by atoms with van der Waals surface area (Å²) in [5.74, 6) is -2.20. The van der Waals surface area contributed by atoms with Gasteiger partial charge in [-0.15, -0.1) is 0 Å². The van der Waals surface area contributed by atoms with Crippen molar-refractivity contribution in [3.05, 3.63) is 0 Å². The first-order valence-corrected chi connectivity index (χ1v) is 5.03. The second-order valence-electron chi connectivity index (χ2n) is 3.14. The van der Waals surface area contributed by atoms with Crippen molar-refractivity contribution in [2.24, 2.45) is 5.73 Å². The number of carbonyl (C=O) groups excluding carboxylic acids is 2. The predicted octanol–water partition coefficient (Wildman–Crippen LogP) is -0.182. The molecule has 7 nitrogen and oxygen atoms in total. The highest BCUT2D eigenvalue weighted by Crippen LogP contribution is 1.93. The summed E-state index contributed by atoms with van der Waals surface area (Å²) in [6, 6.07) is -1.06. The van der Waals surface area contributed by atoms with Gasteiger partial charge in [-0.2, -0.15) is 0 Å². The Morgan fingerprint density at radius 2 is 1.59 bits per heavy atom. The van der Waals surface area contributed by atoms with Gasteiger partial charge in [0.1, 0.15) is 18.6 Å². The Morgan fingerprint density at radius 3 is 1.88 bits per heavy atom. The van der Waals surface area contributed by atoms with Crippen LogP contribution in [0.4, 0.5) is 0 Å². The van der Waals surface area contributed by atoms with E-state index < -0.39 is 18.0 Å². The molecule has 0 fully saturated rings. The van der Waals surface area contributed by atoms with Crippen molar-refractivity contribution in [3.8, 4) is 0 Å². The van der Waals surface area contributed by atoms with Crippen molar-refractivity contribution in [1.29, 1.82) is 0 Å². The Bertz CT molecular complexity index is 245. The van der Waals surface area contributed by atoms with E-state index in [1.165, 1.54) is 0 Å². The lowest BCUT2D eigenvalue weighted by Gasteiger charge is -2.01. The van der Waals surface area contributed by atoms with Crippen molar-refractivity contribution >= 4 is 24.5 Å². The SMILES string of the molecule is NC(CCC(=O)O)C(=O)O.O=CCCCC=O. The summed E-state index contributed by atoms with van der Waals surface area (Å²) in [6.45, 7) is 0. The maximum absolute atomic E-state index is 9.99. The third kappa shape index (κ3) is 16.9. The highest BCUT2D eigenvalue weighted by atomic mass is 16.4. The van der Waals surface area contributed by atoms with Gasteiger partial charge in [0.2, 0.25) is 0 Å². The average molecular weight is 247 g/mol. The largest absolute Gasteiger partial charge is 0.481 e. The molecule has 0 saturated carbocycles. The molecule has 7 heteroatoms. The van der Waals surface area contributed by atoms with Crippen LogP contribution < -0.4 is 5.73 Å². The maximum Gasteiger partial charge on any atom is 0.320 e. The first-order valence-electron chi connectivity index (χ1n) is 5.03. The number of carboxylic acid groups (broad SMARTS) is 2. The minimum atomic E-state index is -1.17. The second kappa shape index (κ2) is 12.3. The van der Waals surface area contributed by atoms with Gasteiger partial charge in [0.15, 0.2) is 0 Å². The van der Waals surface area contributed by atoms with Crippen LogP contribution in [0.5, 0.6) is 0 Å². The minimum Gasteiger partial charge on any atom is -0.481 e. The van der Waals surface area contributed by atoms with Gasteiger partial charge < -0.3 is 25.5 Å². The van der Waals surface area contributed by atoms with Crippen molar-refractivity contribution < 1.29 is 29.4 Å². The van der Waals surface area contributed by atoms with E-state index in [9.17, 15) is 19.2 Å². The van der Waals surface area contributed by atoms with E-state index in [0.29, 0.717) is 19.3 Å². The maximum atomic E-state index is 9.99. The third-order valence-electron chi connectivity index (χ3n) is 1.63. The Hall–Kier alpha value is -1.76. The summed E-state index contributed by atoms with van der Waals surface area (Å²) in [5, 5.41) is 16.3. The fourth-order valence-corrected chi connectivity index (χ4v) is 0.687. The molecule has 0 aromatic heterocycles. The van der Waals surface area contributed by atoms with Crippen LogP contribution in [0, 0.1) is 0 Å². The lowest BCUT2D eigenvalue weighted by molar-refractivity contribution is -0.139. The van der Waals surface area contributed by atoms with Gasteiger partial charge in [0.25, 0.3) is 0 Å². The summed E-state index contributed by atoms with van der Waals surface area (Å²) in [4.78, 5) is 39.0. The molecule has 0 aliphatic heterocycles. The van der Waals surface area contributed by atoms with Gasteiger partial charge >= 0.3 is 11.9 Å². The van der Waals surface area contributed by atoms with Gasteiger partial charge in [0.05, 0.1) is 0 Å². The number of unbranched alkanes of at least 4 members (excludes halogenated alkanes) is 2. The first-order chi connectivity index (χ1) is 7.95. The number of aliphatic carboxylic acids is 2. The molecular formula is C10H17NO6. The molecule has 0 radical (unpaired) electrons. The van der Waals surface area contributed by atoms with E-state index in [2.05, 4.69) is 0 Å². The molecule has 0 aliphatic rings. The van der Waals surface area contributed by atoms with E-state index in [4.69, 9.17) is 15.9 Å². The number of carbonyl (C=O) groups is 4. The van der Waals surface area contributed by atoms with Crippen LogP contribution in [0.3, 0.4) is 0 Å². The van der Waals surface area contributed by atoms with Crippen molar-refractivity contribution in [3.63, 3.8) is 0 Å². The van der Waals surface area contributed by atoms with Crippen LogP contribution in [0.25, 0.3) is 0 Å². The number of aldehydes is 2. The first kappa shape index (κ1) is 17.6. The molecule has 0 aliphatic carbocycles. The number of carboxylic acids is 2. The molecule has 0 bridgehead atoms. The Morgan fingerprint density at radius 1 is 1.12 bits per heavy atom. The fourth-order valence-electron chi connectivity index (χ4n) is 0.687. The molecule has 98 valence electrons. The molecule has 0 rings (SSSR count). The van der Waals surface area contributed by atoms with Crippen LogP contribution in [0.2, 0.25) is 0 Å². The summed E-state index contributed by atoms with van der Waals surface area (Å²) < 4.78 is 0. The van der Waals surface area contributed by atoms with Crippen LogP contribution in [0.15, 0.2) is 0 Å². The number of nitrogens with two attached hydrogens (primary N) is 1. The van der Waals surface area contributed by atoms with Gasteiger partial charge in [-0.25, -0.2) is 0 Å². The fraction of sp³-hybridized carbons (Fsp3) is 0.600. The summed E-state index contributed by atoms with van der Waals surface area (Å²) in [6.07, 6.45) is 3.15. The van der Waals surface area contributed by atoms with Crippen molar-refractivity contribution in [2.45, 2.75) is 38.1 Å². The van der Waals surface area contributed by atoms with Crippen LogP contribution >= 0.6 is 0 Å².